The molecule has 1 amide bonds. The van der Waals surface area contributed by atoms with Crippen molar-refractivity contribution in [3.8, 4) is 28.6 Å². The first kappa shape index (κ1) is 21.8. The van der Waals surface area contributed by atoms with Crippen LogP contribution in [0.5, 0.6) is 17.2 Å². The van der Waals surface area contributed by atoms with E-state index >= 15 is 0 Å². The first-order chi connectivity index (χ1) is 16.6. The van der Waals surface area contributed by atoms with Crippen LogP contribution >= 0.6 is 0 Å². The molecule has 2 aliphatic rings. The SMILES string of the molecule is COc1cc(OC)cc(-c2noc(CN3C=CN4NC(c5ccccc5OC)CC4C3=O)n2)c1. The van der Waals surface area contributed by atoms with E-state index in [1.165, 1.54) is 0 Å². The van der Waals surface area contributed by atoms with E-state index in [1.807, 2.05) is 35.5 Å². The highest BCUT2D eigenvalue weighted by Gasteiger charge is 2.41. The van der Waals surface area contributed by atoms with Gasteiger partial charge in [-0.25, -0.2) is 5.43 Å². The summed E-state index contributed by atoms with van der Waals surface area (Å²) in [5.74, 6) is 2.70. The zero-order valence-corrected chi connectivity index (χ0v) is 19.1. The molecule has 34 heavy (non-hydrogen) atoms. The summed E-state index contributed by atoms with van der Waals surface area (Å²) in [4.78, 5) is 19.3. The Hall–Kier alpha value is -4.05. The molecule has 1 aromatic heterocycles. The Kier molecular flexibility index (Phi) is 5.81. The van der Waals surface area contributed by atoms with Crippen LogP contribution in [0.2, 0.25) is 0 Å². The van der Waals surface area contributed by atoms with E-state index in [4.69, 9.17) is 18.7 Å². The fourth-order valence-electron chi connectivity index (χ4n) is 4.24. The van der Waals surface area contributed by atoms with Gasteiger partial charge in [-0.05, 0) is 24.6 Å². The molecule has 1 fully saturated rings. The van der Waals surface area contributed by atoms with Crippen molar-refractivity contribution < 1.29 is 23.5 Å². The summed E-state index contributed by atoms with van der Waals surface area (Å²) in [5.41, 5.74) is 5.10. The number of rotatable bonds is 7. The quantitative estimate of drug-likeness (QED) is 0.567. The summed E-state index contributed by atoms with van der Waals surface area (Å²) in [6.07, 6.45) is 4.18. The van der Waals surface area contributed by atoms with Gasteiger partial charge < -0.3 is 28.6 Å². The van der Waals surface area contributed by atoms with Crippen LogP contribution in [0.1, 0.15) is 23.9 Å². The summed E-state index contributed by atoms with van der Waals surface area (Å²) < 4.78 is 21.5. The lowest BCUT2D eigenvalue weighted by Crippen LogP contribution is -2.47. The molecular formula is C24H25N5O5. The molecule has 2 atom stereocenters. The molecule has 10 nitrogen and oxygen atoms in total. The van der Waals surface area contributed by atoms with Crippen molar-refractivity contribution in [1.29, 1.82) is 0 Å². The maximum atomic E-state index is 13.2. The van der Waals surface area contributed by atoms with E-state index in [1.54, 1.807) is 50.6 Å². The lowest BCUT2D eigenvalue weighted by Gasteiger charge is -2.30. The van der Waals surface area contributed by atoms with E-state index in [0.717, 1.165) is 11.3 Å². The minimum Gasteiger partial charge on any atom is -0.497 e. The lowest BCUT2D eigenvalue weighted by atomic mass is 10.00. The Morgan fingerprint density at radius 2 is 1.82 bits per heavy atom. The zero-order valence-electron chi connectivity index (χ0n) is 19.1. The van der Waals surface area contributed by atoms with Gasteiger partial charge in [0.1, 0.15) is 29.8 Å². The van der Waals surface area contributed by atoms with E-state index in [-0.39, 0.29) is 24.5 Å². The maximum Gasteiger partial charge on any atom is 0.251 e. The number of benzene rings is 2. The summed E-state index contributed by atoms with van der Waals surface area (Å²) in [6.45, 7) is 0.174. The highest BCUT2D eigenvalue weighted by Crippen LogP contribution is 2.35. The monoisotopic (exact) mass is 463 g/mol. The Morgan fingerprint density at radius 3 is 2.56 bits per heavy atom. The second-order valence-corrected chi connectivity index (χ2v) is 7.96. The molecule has 0 radical (unpaired) electrons. The third-order valence-electron chi connectivity index (χ3n) is 5.97. The minimum atomic E-state index is -0.343. The second-order valence-electron chi connectivity index (χ2n) is 7.96. The first-order valence-corrected chi connectivity index (χ1v) is 10.8. The highest BCUT2D eigenvalue weighted by atomic mass is 16.5. The fourth-order valence-corrected chi connectivity index (χ4v) is 4.24. The number of carbonyl (C=O) groups excluding carboxylic acids is 1. The van der Waals surface area contributed by atoms with Crippen molar-refractivity contribution in [3.63, 3.8) is 0 Å². The molecule has 0 bridgehead atoms. The number of hydrogen-bond donors (Lipinski definition) is 1. The molecule has 2 aliphatic heterocycles. The Bertz CT molecular complexity index is 1200. The molecule has 2 unspecified atom stereocenters. The van der Waals surface area contributed by atoms with Crippen molar-refractivity contribution in [3.05, 3.63) is 66.3 Å². The highest BCUT2D eigenvalue weighted by molar-refractivity contribution is 5.84. The summed E-state index contributed by atoms with van der Waals surface area (Å²) in [7, 11) is 4.80. The van der Waals surface area contributed by atoms with E-state index in [9.17, 15) is 4.79 Å². The molecule has 1 saturated heterocycles. The van der Waals surface area contributed by atoms with E-state index < -0.39 is 0 Å². The van der Waals surface area contributed by atoms with Gasteiger partial charge in [-0.1, -0.05) is 23.4 Å². The number of aromatic nitrogens is 2. The standard InChI is InChI=1S/C24H25N5O5/c1-31-16-10-15(11-17(12-16)32-2)23-25-22(34-27-23)14-28-8-9-29-20(24(28)30)13-19(26-29)18-6-4-5-7-21(18)33-3/h4-12,19-20,26H,13-14H2,1-3H3. The number of ether oxygens (including phenoxy) is 3. The van der Waals surface area contributed by atoms with Gasteiger partial charge in [0, 0.05) is 29.6 Å². The summed E-state index contributed by atoms with van der Waals surface area (Å²) >= 11 is 0. The van der Waals surface area contributed by atoms with Gasteiger partial charge in [-0.2, -0.15) is 4.98 Å². The fraction of sp³-hybridized carbons (Fsp3) is 0.292. The van der Waals surface area contributed by atoms with Gasteiger partial charge in [0.15, 0.2) is 0 Å². The van der Waals surface area contributed by atoms with Crippen LogP contribution in [-0.4, -0.2) is 53.3 Å². The van der Waals surface area contributed by atoms with Crippen LogP contribution in [0.3, 0.4) is 0 Å². The van der Waals surface area contributed by atoms with Gasteiger partial charge in [0.05, 0.1) is 27.4 Å². The van der Waals surface area contributed by atoms with Crippen LogP contribution in [0.4, 0.5) is 0 Å². The van der Waals surface area contributed by atoms with E-state index in [2.05, 4.69) is 15.6 Å². The third-order valence-corrected chi connectivity index (χ3v) is 5.97. The van der Waals surface area contributed by atoms with Gasteiger partial charge >= 0.3 is 0 Å². The number of carbonyl (C=O) groups is 1. The van der Waals surface area contributed by atoms with Gasteiger partial charge in [0.2, 0.25) is 11.7 Å². The molecule has 10 heteroatoms. The first-order valence-electron chi connectivity index (χ1n) is 10.8. The van der Waals surface area contributed by atoms with Crippen LogP contribution < -0.4 is 19.6 Å². The Morgan fingerprint density at radius 1 is 1.06 bits per heavy atom. The number of nitrogens with one attached hydrogen (secondary N) is 1. The maximum absolute atomic E-state index is 13.2. The third kappa shape index (κ3) is 4.03. The van der Waals surface area contributed by atoms with Crippen molar-refractivity contribution in [1.82, 2.24) is 25.5 Å². The summed E-state index contributed by atoms with van der Waals surface area (Å²) in [6, 6.07) is 12.8. The van der Waals surface area contributed by atoms with Crippen LogP contribution in [0.15, 0.2) is 59.4 Å². The average Bonchev–Trinajstić information content (AvgIpc) is 3.53. The lowest BCUT2D eigenvalue weighted by molar-refractivity contribution is -0.135. The number of methoxy groups -OCH3 is 3. The van der Waals surface area contributed by atoms with E-state index in [0.29, 0.717) is 35.2 Å². The van der Waals surface area contributed by atoms with Crippen LogP contribution in [-0.2, 0) is 11.3 Å². The predicted octanol–water partition coefficient (Wildman–Crippen LogP) is 2.90. The van der Waals surface area contributed by atoms with Gasteiger partial charge in [0.25, 0.3) is 5.91 Å². The number of nitrogens with zero attached hydrogens (tertiary/aromatic N) is 4. The molecule has 3 heterocycles. The topological polar surface area (TPSA) is 102 Å². The molecule has 3 aromatic rings. The molecule has 5 rings (SSSR count). The predicted molar refractivity (Wildman–Crippen MR) is 122 cm³/mol. The minimum absolute atomic E-state index is 0.0345. The number of hydrazine groups is 1. The second kappa shape index (κ2) is 9.06. The normalized spacial score (nSPS) is 19.3. The largest absolute Gasteiger partial charge is 0.497 e. The van der Waals surface area contributed by atoms with Gasteiger partial charge in [-0.3, -0.25) is 4.79 Å². The molecule has 0 aliphatic carbocycles. The Balaban J connectivity index is 1.30. The molecular weight excluding hydrogens is 438 g/mol. The molecule has 176 valence electrons. The molecule has 1 N–H and O–H groups in total. The molecule has 0 spiro atoms. The number of amides is 1. The number of hydrogen-bond acceptors (Lipinski definition) is 9. The number of para-hydroxylation sites is 1. The van der Waals surface area contributed by atoms with Crippen molar-refractivity contribution in [2.75, 3.05) is 21.3 Å². The number of fused-ring (bicyclic) bond motifs is 1. The summed E-state index contributed by atoms with van der Waals surface area (Å²) in [5, 5.41) is 5.91. The van der Waals surface area contributed by atoms with Gasteiger partial charge in [-0.15, -0.1) is 0 Å². The average molecular weight is 463 g/mol. The molecule has 2 aromatic carbocycles. The van der Waals surface area contributed by atoms with Crippen LogP contribution in [0.25, 0.3) is 11.4 Å². The molecule has 0 saturated carbocycles. The Labute approximate surface area is 196 Å². The van der Waals surface area contributed by atoms with Crippen molar-refractivity contribution >= 4 is 5.91 Å². The van der Waals surface area contributed by atoms with Crippen LogP contribution in [0, 0.1) is 0 Å². The van der Waals surface area contributed by atoms with Crippen molar-refractivity contribution in [2.24, 2.45) is 0 Å². The smallest absolute Gasteiger partial charge is 0.251 e. The van der Waals surface area contributed by atoms with Crippen molar-refractivity contribution in [2.45, 2.75) is 25.0 Å². The zero-order chi connectivity index (χ0) is 23.7.